The van der Waals surface area contributed by atoms with E-state index in [0.717, 1.165) is 31.3 Å². The lowest BCUT2D eigenvalue weighted by Gasteiger charge is -2.45. The molecule has 21 heavy (non-hydrogen) atoms. The van der Waals surface area contributed by atoms with Crippen molar-refractivity contribution >= 4 is 17.3 Å². The lowest BCUT2D eigenvalue weighted by molar-refractivity contribution is -0.00874. The third-order valence-electron chi connectivity index (χ3n) is 4.69. The first-order chi connectivity index (χ1) is 10.3. The summed E-state index contributed by atoms with van der Waals surface area (Å²) in [7, 11) is 0. The smallest absolute Gasteiger partial charge is 0.0779 e. The largest absolute Gasteiger partial charge is 0.374 e. The van der Waals surface area contributed by atoms with Gasteiger partial charge in [0.2, 0.25) is 0 Å². The van der Waals surface area contributed by atoms with Crippen molar-refractivity contribution in [2.24, 2.45) is 0 Å². The average molecular weight is 309 g/mol. The van der Waals surface area contributed by atoms with Crippen LogP contribution >= 0.6 is 11.6 Å². The lowest BCUT2D eigenvalue weighted by Crippen LogP contribution is -2.53. The van der Waals surface area contributed by atoms with Crippen LogP contribution < -0.4 is 10.2 Å². The Bertz CT molecular complexity index is 478. The van der Waals surface area contributed by atoms with Gasteiger partial charge in [0.1, 0.15) is 0 Å². The van der Waals surface area contributed by atoms with Gasteiger partial charge in [-0.1, -0.05) is 37.4 Å². The second-order valence-corrected chi connectivity index (χ2v) is 6.38. The summed E-state index contributed by atoms with van der Waals surface area (Å²) >= 11 is 6.46. The van der Waals surface area contributed by atoms with Crippen molar-refractivity contribution in [1.29, 1.82) is 0 Å². The van der Waals surface area contributed by atoms with Crippen LogP contribution in [0.25, 0.3) is 0 Å². The molecule has 2 atom stereocenters. The summed E-state index contributed by atoms with van der Waals surface area (Å²) in [6, 6.07) is 6.80. The van der Waals surface area contributed by atoms with Gasteiger partial charge in [0, 0.05) is 29.4 Å². The van der Waals surface area contributed by atoms with Crippen molar-refractivity contribution in [2.45, 2.75) is 51.3 Å². The van der Waals surface area contributed by atoms with E-state index in [1.54, 1.807) is 0 Å². The van der Waals surface area contributed by atoms with E-state index in [1.807, 2.05) is 6.07 Å². The molecule has 0 bridgehead atoms. The number of ether oxygens (including phenoxy) is 1. The minimum absolute atomic E-state index is 0.401. The molecular weight excluding hydrogens is 284 g/mol. The van der Waals surface area contributed by atoms with Crippen LogP contribution in [-0.2, 0) is 11.3 Å². The lowest BCUT2D eigenvalue weighted by atomic mass is 9.89. The molecule has 3 nitrogen and oxygen atoms in total. The van der Waals surface area contributed by atoms with Crippen molar-refractivity contribution in [1.82, 2.24) is 5.32 Å². The fourth-order valence-electron chi connectivity index (χ4n) is 3.64. The highest BCUT2D eigenvalue weighted by atomic mass is 35.5. The fraction of sp³-hybridized carbons (Fsp3) is 0.647. The third-order valence-corrected chi connectivity index (χ3v) is 5.04. The quantitative estimate of drug-likeness (QED) is 0.920. The Balaban J connectivity index is 1.89. The summed E-state index contributed by atoms with van der Waals surface area (Å²) in [5.41, 5.74) is 2.52. The maximum atomic E-state index is 6.46. The summed E-state index contributed by atoms with van der Waals surface area (Å²) in [6.07, 6.45) is 5.44. The Kier molecular flexibility index (Phi) is 5.04. The molecule has 0 spiro atoms. The van der Waals surface area contributed by atoms with E-state index < -0.39 is 0 Å². The normalized spacial score (nSPS) is 25.7. The predicted molar refractivity (Wildman–Crippen MR) is 88.2 cm³/mol. The zero-order valence-corrected chi connectivity index (χ0v) is 13.5. The molecule has 0 amide bonds. The maximum absolute atomic E-state index is 6.46. The molecule has 1 aromatic carbocycles. The predicted octanol–water partition coefficient (Wildman–Crippen LogP) is 3.60. The molecule has 2 unspecified atom stereocenters. The van der Waals surface area contributed by atoms with Crippen molar-refractivity contribution in [3.8, 4) is 0 Å². The summed E-state index contributed by atoms with van der Waals surface area (Å²) in [4.78, 5) is 2.55. The molecule has 1 heterocycles. The van der Waals surface area contributed by atoms with Gasteiger partial charge < -0.3 is 15.0 Å². The van der Waals surface area contributed by atoms with Gasteiger partial charge in [0.05, 0.1) is 18.8 Å². The molecule has 1 saturated carbocycles. The molecule has 4 heteroatoms. The van der Waals surface area contributed by atoms with Crippen LogP contribution in [-0.4, -0.2) is 31.8 Å². The summed E-state index contributed by atoms with van der Waals surface area (Å²) in [6.45, 7) is 5.72. The Morgan fingerprint density at radius 3 is 3.05 bits per heavy atom. The molecular formula is C17H25ClN2O. The van der Waals surface area contributed by atoms with Crippen LogP contribution in [0.15, 0.2) is 18.2 Å². The van der Waals surface area contributed by atoms with Crippen LogP contribution in [0, 0.1) is 0 Å². The van der Waals surface area contributed by atoms with Gasteiger partial charge in [-0.2, -0.15) is 0 Å². The number of nitrogens with one attached hydrogen (secondary N) is 1. The minimum atomic E-state index is 0.401. The van der Waals surface area contributed by atoms with E-state index in [-0.39, 0.29) is 0 Å². The molecule has 1 saturated heterocycles. The second kappa shape index (κ2) is 6.99. The molecule has 3 rings (SSSR count). The number of hydrogen-bond acceptors (Lipinski definition) is 3. The number of hydrogen-bond donors (Lipinski definition) is 1. The van der Waals surface area contributed by atoms with Crippen molar-refractivity contribution < 1.29 is 4.74 Å². The molecule has 1 aromatic rings. The summed E-state index contributed by atoms with van der Waals surface area (Å²) < 4.78 is 5.99. The van der Waals surface area contributed by atoms with E-state index in [2.05, 4.69) is 29.3 Å². The monoisotopic (exact) mass is 308 g/mol. The Labute approximate surface area is 132 Å². The van der Waals surface area contributed by atoms with Crippen LogP contribution in [0.1, 0.15) is 38.2 Å². The van der Waals surface area contributed by atoms with Crippen molar-refractivity contribution in [2.75, 3.05) is 24.6 Å². The first-order valence-electron chi connectivity index (χ1n) is 8.17. The van der Waals surface area contributed by atoms with Gasteiger partial charge in [-0.25, -0.2) is 0 Å². The number of anilines is 1. The second-order valence-electron chi connectivity index (χ2n) is 5.97. The molecule has 2 fully saturated rings. The van der Waals surface area contributed by atoms with Gasteiger partial charge in [0.15, 0.2) is 0 Å². The zero-order chi connectivity index (χ0) is 14.7. The highest BCUT2D eigenvalue weighted by Gasteiger charge is 2.35. The number of rotatable bonds is 4. The zero-order valence-electron chi connectivity index (χ0n) is 12.8. The van der Waals surface area contributed by atoms with Gasteiger partial charge in [0.25, 0.3) is 0 Å². The number of fused-ring (bicyclic) bond motifs is 1. The van der Waals surface area contributed by atoms with Gasteiger partial charge in [-0.3, -0.25) is 0 Å². The average Bonchev–Trinajstić information content (AvgIpc) is 2.53. The molecule has 116 valence electrons. The molecule has 0 radical (unpaired) electrons. The van der Waals surface area contributed by atoms with Crippen LogP contribution in [0.4, 0.5) is 5.69 Å². The molecule has 2 aliphatic rings. The highest BCUT2D eigenvalue weighted by molar-refractivity contribution is 6.31. The van der Waals surface area contributed by atoms with Gasteiger partial charge in [-0.05, 0) is 31.5 Å². The Morgan fingerprint density at radius 1 is 1.33 bits per heavy atom. The van der Waals surface area contributed by atoms with Crippen LogP contribution in [0.3, 0.4) is 0 Å². The van der Waals surface area contributed by atoms with Crippen molar-refractivity contribution in [3.05, 3.63) is 28.8 Å². The molecule has 1 aliphatic carbocycles. The van der Waals surface area contributed by atoms with E-state index in [4.69, 9.17) is 16.3 Å². The molecule has 1 aliphatic heterocycles. The fourth-order valence-corrected chi connectivity index (χ4v) is 3.87. The van der Waals surface area contributed by atoms with E-state index in [1.165, 1.54) is 36.9 Å². The van der Waals surface area contributed by atoms with Gasteiger partial charge in [-0.15, -0.1) is 0 Å². The highest BCUT2D eigenvalue weighted by Crippen LogP contribution is 2.35. The topological polar surface area (TPSA) is 24.5 Å². The van der Waals surface area contributed by atoms with E-state index >= 15 is 0 Å². The number of morpholine rings is 1. The van der Waals surface area contributed by atoms with Crippen LogP contribution in [0.5, 0.6) is 0 Å². The SMILES string of the molecule is CCNCc1c(Cl)cccc1N1CCOC2CCCCC21. The Morgan fingerprint density at radius 2 is 2.19 bits per heavy atom. The molecule has 0 aromatic heterocycles. The summed E-state index contributed by atoms with van der Waals surface area (Å²) in [5, 5.41) is 4.28. The van der Waals surface area contributed by atoms with Crippen LogP contribution in [0.2, 0.25) is 5.02 Å². The Hall–Kier alpha value is -0.770. The number of halogens is 1. The summed E-state index contributed by atoms with van der Waals surface area (Å²) in [5.74, 6) is 0. The maximum Gasteiger partial charge on any atom is 0.0779 e. The number of benzene rings is 1. The molecule has 1 N–H and O–H groups in total. The first kappa shape index (κ1) is 15.1. The van der Waals surface area contributed by atoms with Crippen molar-refractivity contribution in [3.63, 3.8) is 0 Å². The van der Waals surface area contributed by atoms with E-state index in [0.29, 0.717) is 12.1 Å². The number of nitrogens with zero attached hydrogens (tertiary/aromatic N) is 1. The third kappa shape index (κ3) is 3.20. The first-order valence-corrected chi connectivity index (χ1v) is 8.55. The minimum Gasteiger partial charge on any atom is -0.374 e. The van der Waals surface area contributed by atoms with Gasteiger partial charge >= 0.3 is 0 Å². The standard InChI is InChI=1S/C17H25ClN2O/c1-2-19-12-13-14(18)6-5-8-15(13)20-10-11-21-17-9-4-3-7-16(17)20/h5-6,8,16-17,19H,2-4,7,9-12H2,1H3. The van der Waals surface area contributed by atoms with E-state index in [9.17, 15) is 0 Å².